The topological polar surface area (TPSA) is 75.0 Å². The number of rotatable bonds is 4. The van der Waals surface area contributed by atoms with E-state index in [9.17, 15) is 4.79 Å². The quantitative estimate of drug-likeness (QED) is 0.360. The van der Waals surface area contributed by atoms with E-state index in [1.165, 1.54) is 0 Å². The lowest BCUT2D eigenvalue weighted by Gasteiger charge is -2.39. The van der Waals surface area contributed by atoms with E-state index < -0.39 is 0 Å². The maximum absolute atomic E-state index is 12.3. The molecule has 3 heterocycles. The highest BCUT2D eigenvalue weighted by Gasteiger charge is 2.32. The number of aliphatic imine (C=N–C) groups is 1. The number of thioether (sulfide) groups is 1. The van der Waals surface area contributed by atoms with E-state index in [1.807, 2.05) is 18.8 Å². The van der Waals surface area contributed by atoms with Crippen LogP contribution in [0.3, 0.4) is 0 Å². The molecule has 3 rings (SSSR count). The van der Waals surface area contributed by atoms with Crippen LogP contribution in [-0.2, 0) is 11.8 Å². The van der Waals surface area contributed by atoms with Crippen LogP contribution in [0.25, 0.3) is 0 Å². The number of aromatic nitrogens is 2. The van der Waals surface area contributed by atoms with E-state index in [1.54, 1.807) is 24.0 Å². The van der Waals surface area contributed by atoms with Gasteiger partial charge in [0.1, 0.15) is 0 Å². The summed E-state index contributed by atoms with van der Waals surface area (Å²) in [5.41, 5.74) is -0.0464. The van der Waals surface area contributed by atoms with Crippen LogP contribution in [0.4, 0.5) is 5.82 Å². The molecular formula is C18H31IN6O2S. The van der Waals surface area contributed by atoms with Crippen molar-refractivity contribution in [3.63, 3.8) is 0 Å². The summed E-state index contributed by atoms with van der Waals surface area (Å²) in [6.45, 7) is 5.70. The first kappa shape index (κ1) is 23.3. The Morgan fingerprint density at radius 1 is 1.32 bits per heavy atom. The molecule has 8 nitrogen and oxygen atoms in total. The Bertz CT molecular complexity index is 714. The number of nitrogens with zero attached hydrogens (tertiary/aromatic N) is 5. The van der Waals surface area contributed by atoms with E-state index in [-0.39, 0.29) is 34.3 Å². The highest BCUT2D eigenvalue weighted by Crippen LogP contribution is 2.33. The van der Waals surface area contributed by atoms with Gasteiger partial charge in [0.05, 0.1) is 0 Å². The van der Waals surface area contributed by atoms with Crippen molar-refractivity contribution in [1.29, 1.82) is 0 Å². The summed E-state index contributed by atoms with van der Waals surface area (Å²) in [6.07, 6.45) is 7.68. The van der Waals surface area contributed by atoms with Crippen molar-refractivity contribution in [3.8, 4) is 0 Å². The Morgan fingerprint density at radius 3 is 2.61 bits per heavy atom. The Hall–Kier alpha value is -1.01. The van der Waals surface area contributed by atoms with Crippen molar-refractivity contribution < 1.29 is 4.74 Å². The van der Waals surface area contributed by atoms with Crippen LogP contribution in [0.5, 0.6) is 0 Å². The van der Waals surface area contributed by atoms with Crippen molar-refractivity contribution >= 4 is 47.5 Å². The fraction of sp³-hybridized carbons (Fsp3) is 0.722. The van der Waals surface area contributed by atoms with Crippen LogP contribution in [0.2, 0.25) is 0 Å². The van der Waals surface area contributed by atoms with Crippen molar-refractivity contribution in [2.45, 2.75) is 17.6 Å². The lowest BCUT2D eigenvalue weighted by molar-refractivity contribution is 0.0781. The molecular weight excluding hydrogens is 491 g/mol. The zero-order chi connectivity index (χ0) is 19.3. The number of ether oxygens (including phenoxy) is 1. The summed E-state index contributed by atoms with van der Waals surface area (Å²) in [4.78, 5) is 25.4. The number of hydrogen-bond donors (Lipinski definition) is 1. The molecule has 0 radical (unpaired) electrons. The molecule has 1 aromatic heterocycles. The highest BCUT2D eigenvalue weighted by molar-refractivity contribution is 14.0. The maximum Gasteiger partial charge on any atom is 0.293 e. The number of anilines is 1. The van der Waals surface area contributed by atoms with E-state index in [4.69, 9.17) is 4.74 Å². The van der Waals surface area contributed by atoms with Crippen LogP contribution < -0.4 is 15.8 Å². The van der Waals surface area contributed by atoms with Gasteiger partial charge >= 0.3 is 0 Å². The number of halogens is 1. The second-order valence-corrected chi connectivity index (χ2v) is 8.32. The lowest BCUT2D eigenvalue weighted by Crippen LogP contribution is -2.55. The first-order valence-electron chi connectivity index (χ1n) is 9.44. The Labute approximate surface area is 188 Å². The molecule has 2 aliphatic rings. The van der Waals surface area contributed by atoms with Crippen LogP contribution in [-0.4, -0.2) is 84.4 Å². The van der Waals surface area contributed by atoms with Crippen molar-refractivity contribution in [3.05, 3.63) is 22.7 Å². The molecule has 2 aliphatic heterocycles. The van der Waals surface area contributed by atoms with Gasteiger partial charge in [0.2, 0.25) is 0 Å². The van der Waals surface area contributed by atoms with Crippen LogP contribution in [0.15, 0.2) is 22.2 Å². The maximum atomic E-state index is 12.3. The third-order valence-corrected chi connectivity index (χ3v) is 6.91. The van der Waals surface area contributed by atoms with Crippen molar-refractivity contribution in [2.75, 3.05) is 64.1 Å². The molecule has 10 heteroatoms. The predicted molar refractivity (Wildman–Crippen MR) is 126 cm³/mol. The molecule has 0 atom stereocenters. The summed E-state index contributed by atoms with van der Waals surface area (Å²) in [5.74, 6) is 1.47. The first-order valence-corrected chi connectivity index (χ1v) is 10.7. The average Bonchev–Trinajstić information content (AvgIpc) is 2.72. The van der Waals surface area contributed by atoms with E-state index >= 15 is 0 Å². The van der Waals surface area contributed by atoms with Crippen LogP contribution >= 0.6 is 35.7 Å². The van der Waals surface area contributed by atoms with Crippen LogP contribution in [0, 0.1) is 0 Å². The predicted octanol–water partition coefficient (Wildman–Crippen LogP) is 1.01. The third kappa shape index (κ3) is 5.32. The number of hydrogen-bond acceptors (Lipinski definition) is 6. The lowest BCUT2D eigenvalue weighted by atomic mass is 9.99. The van der Waals surface area contributed by atoms with E-state index in [0.29, 0.717) is 5.82 Å². The summed E-state index contributed by atoms with van der Waals surface area (Å²) >= 11 is 1.92. The van der Waals surface area contributed by atoms with Gasteiger partial charge in [-0.25, -0.2) is 4.98 Å². The van der Waals surface area contributed by atoms with Gasteiger partial charge in [-0.05, 0) is 19.1 Å². The molecule has 158 valence electrons. The average molecular weight is 522 g/mol. The Morgan fingerprint density at radius 2 is 2.00 bits per heavy atom. The molecule has 0 spiro atoms. The largest absolute Gasteiger partial charge is 0.381 e. The fourth-order valence-electron chi connectivity index (χ4n) is 3.60. The summed E-state index contributed by atoms with van der Waals surface area (Å²) in [7, 11) is 3.59. The Balaban J connectivity index is 0.00000280. The minimum Gasteiger partial charge on any atom is -0.381 e. The van der Waals surface area contributed by atoms with Gasteiger partial charge < -0.3 is 24.4 Å². The number of nitrogens with one attached hydrogen (secondary N) is 1. The van der Waals surface area contributed by atoms with Crippen LogP contribution in [0.1, 0.15) is 12.8 Å². The summed E-state index contributed by atoms with van der Waals surface area (Å²) in [5, 5.41) is 3.58. The fourth-order valence-corrected chi connectivity index (χ4v) is 4.39. The van der Waals surface area contributed by atoms with Gasteiger partial charge in [0.25, 0.3) is 5.56 Å². The first-order chi connectivity index (χ1) is 13.1. The second kappa shape index (κ2) is 10.7. The molecule has 0 amide bonds. The van der Waals surface area contributed by atoms with E-state index in [2.05, 4.69) is 31.3 Å². The van der Waals surface area contributed by atoms with Crippen molar-refractivity contribution in [1.82, 2.24) is 19.8 Å². The third-order valence-electron chi connectivity index (χ3n) is 5.49. The minimum absolute atomic E-state index is 0. The van der Waals surface area contributed by atoms with Gasteiger partial charge in [0, 0.05) is 77.2 Å². The molecule has 0 aromatic carbocycles. The molecule has 1 aromatic rings. The molecule has 0 unspecified atom stereocenters. The van der Waals surface area contributed by atoms with Gasteiger partial charge in [-0.3, -0.25) is 9.79 Å². The molecule has 0 bridgehead atoms. The minimum atomic E-state index is -0.0464. The number of aryl methyl sites for hydroxylation is 1. The zero-order valence-electron chi connectivity index (χ0n) is 16.9. The monoisotopic (exact) mass is 522 g/mol. The number of guanidine groups is 1. The van der Waals surface area contributed by atoms with Gasteiger partial charge in [-0.2, -0.15) is 11.8 Å². The normalized spacial score (nSPS) is 19.9. The zero-order valence-corrected chi connectivity index (χ0v) is 20.0. The second-order valence-electron chi connectivity index (χ2n) is 7.04. The van der Waals surface area contributed by atoms with Gasteiger partial charge in [-0.1, -0.05) is 0 Å². The summed E-state index contributed by atoms with van der Waals surface area (Å²) in [6, 6.07) is 0. The van der Waals surface area contributed by atoms with E-state index in [0.717, 1.165) is 64.7 Å². The molecule has 2 saturated heterocycles. The van der Waals surface area contributed by atoms with Gasteiger partial charge in [0.15, 0.2) is 11.8 Å². The molecule has 0 aliphatic carbocycles. The SMILES string of the molecule is CN=C(NCC1(SC)CCOCC1)N1CCN(c2nccn(C)c2=O)CC1.I. The Kier molecular flexibility index (Phi) is 8.87. The number of piperazine rings is 1. The molecule has 2 fully saturated rings. The molecule has 0 saturated carbocycles. The molecule has 1 N–H and O–H groups in total. The highest BCUT2D eigenvalue weighted by atomic mass is 127. The van der Waals surface area contributed by atoms with Crippen molar-refractivity contribution in [2.24, 2.45) is 12.0 Å². The molecule has 28 heavy (non-hydrogen) atoms. The summed E-state index contributed by atoms with van der Waals surface area (Å²) < 4.78 is 7.32. The van der Waals surface area contributed by atoms with Gasteiger partial charge in [-0.15, -0.1) is 24.0 Å². The smallest absolute Gasteiger partial charge is 0.293 e. The standard InChI is InChI=1S/C18H30N6O2S.HI/c1-19-17(21-14-18(27-3)4-12-26-13-5-18)24-10-8-23(9-11-24)15-16(25)22(2)7-6-20-15;/h6-7H,4-5,8-14H2,1-3H3,(H,19,21);1H.